The van der Waals surface area contributed by atoms with Crippen molar-refractivity contribution in [1.82, 2.24) is 14.7 Å². The highest BCUT2D eigenvalue weighted by Crippen LogP contribution is 2.24. The summed E-state index contributed by atoms with van der Waals surface area (Å²) in [4.78, 5) is 2.27. The predicted molar refractivity (Wildman–Crippen MR) is 88.7 cm³/mol. The van der Waals surface area contributed by atoms with Crippen LogP contribution in [0.5, 0.6) is 0 Å². The minimum atomic E-state index is -0.402. The van der Waals surface area contributed by atoms with Crippen LogP contribution in [0.3, 0.4) is 0 Å². The second-order valence-corrected chi connectivity index (χ2v) is 6.07. The van der Waals surface area contributed by atoms with Gasteiger partial charge in [0.25, 0.3) is 0 Å². The first-order chi connectivity index (χ1) is 10.7. The molecule has 1 aromatic carbocycles. The molecule has 0 aliphatic carbocycles. The van der Waals surface area contributed by atoms with Gasteiger partial charge in [-0.1, -0.05) is 29.8 Å². The summed E-state index contributed by atoms with van der Waals surface area (Å²) in [5, 5.41) is 15.0. The smallest absolute Gasteiger partial charge is 0.0862 e. The largest absolute Gasteiger partial charge is 0.390 e. The van der Waals surface area contributed by atoms with Gasteiger partial charge in [0.2, 0.25) is 0 Å². The molecule has 1 N–H and O–H groups in total. The van der Waals surface area contributed by atoms with Crippen molar-refractivity contribution in [3.05, 3.63) is 59.4 Å². The zero-order valence-electron chi connectivity index (χ0n) is 12.4. The standard InChI is InChI=1S/C17H20ClN3O/c18-16-4-1-3-15(11-16)14-5-9-20(10-6-14)12-17(22)13-21-8-2-7-19-21/h1-5,7-8,11,17,22H,6,9-10,12-13H2. The number of β-amino-alcohol motifs (C(OH)–C–C–N with tert-alkyl or cyclic N) is 1. The van der Waals surface area contributed by atoms with Gasteiger partial charge in [-0.3, -0.25) is 9.58 Å². The molecular formula is C17H20ClN3O. The molecular weight excluding hydrogens is 298 g/mol. The quantitative estimate of drug-likeness (QED) is 0.922. The van der Waals surface area contributed by atoms with Crippen LogP contribution in [-0.4, -0.2) is 45.5 Å². The molecule has 2 aromatic rings. The molecule has 4 nitrogen and oxygen atoms in total. The summed E-state index contributed by atoms with van der Waals surface area (Å²) in [6.45, 7) is 3.01. The Hall–Kier alpha value is -1.62. The molecule has 2 heterocycles. The van der Waals surface area contributed by atoms with Gasteiger partial charge in [-0.2, -0.15) is 5.10 Å². The molecule has 0 fully saturated rings. The van der Waals surface area contributed by atoms with Gasteiger partial charge in [0.15, 0.2) is 0 Å². The van der Waals surface area contributed by atoms with Gasteiger partial charge in [0.1, 0.15) is 0 Å². The molecule has 0 spiro atoms. The van der Waals surface area contributed by atoms with Gasteiger partial charge < -0.3 is 5.11 Å². The normalized spacial score (nSPS) is 17.3. The molecule has 116 valence electrons. The van der Waals surface area contributed by atoms with Gasteiger partial charge in [0.05, 0.1) is 12.6 Å². The van der Waals surface area contributed by atoms with Crippen LogP contribution in [0.15, 0.2) is 48.8 Å². The number of aromatic nitrogens is 2. The van der Waals surface area contributed by atoms with Gasteiger partial charge in [0, 0.05) is 37.1 Å². The van der Waals surface area contributed by atoms with Crippen LogP contribution in [0.4, 0.5) is 0 Å². The molecule has 0 bridgehead atoms. The van der Waals surface area contributed by atoms with Crippen LogP contribution in [0.25, 0.3) is 5.57 Å². The van der Waals surface area contributed by atoms with Gasteiger partial charge in [-0.15, -0.1) is 0 Å². The predicted octanol–water partition coefficient (Wildman–Crippen LogP) is 2.69. The van der Waals surface area contributed by atoms with Crippen LogP contribution in [0, 0.1) is 0 Å². The highest BCUT2D eigenvalue weighted by Gasteiger charge is 2.16. The van der Waals surface area contributed by atoms with Crippen LogP contribution in [0.2, 0.25) is 5.02 Å². The van der Waals surface area contributed by atoms with E-state index in [1.807, 2.05) is 30.5 Å². The van der Waals surface area contributed by atoms with E-state index in [0.717, 1.165) is 24.5 Å². The second kappa shape index (κ2) is 7.09. The third kappa shape index (κ3) is 3.97. The lowest BCUT2D eigenvalue weighted by Gasteiger charge is -2.28. The van der Waals surface area contributed by atoms with Crippen molar-refractivity contribution in [1.29, 1.82) is 0 Å². The lowest BCUT2D eigenvalue weighted by atomic mass is 9.99. The van der Waals surface area contributed by atoms with E-state index in [2.05, 4.69) is 22.1 Å². The molecule has 1 atom stereocenters. The van der Waals surface area contributed by atoms with E-state index < -0.39 is 6.10 Å². The summed E-state index contributed by atoms with van der Waals surface area (Å²) in [6, 6.07) is 9.86. The van der Waals surface area contributed by atoms with Crippen LogP contribution in [0.1, 0.15) is 12.0 Å². The number of aliphatic hydroxyl groups is 1. The van der Waals surface area contributed by atoms with E-state index in [4.69, 9.17) is 11.6 Å². The minimum absolute atomic E-state index is 0.402. The van der Waals surface area contributed by atoms with Crippen molar-refractivity contribution >= 4 is 17.2 Å². The zero-order chi connectivity index (χ0) is 15.4. The molecule has 3 rings (SSSR count). The summed E-state index contributed by atoms with van der Waals surface area (Å²) in [5.41, 5.74) is 2.53. The molecule has 5 heteroatoms. The molecule has 1 aliphatic rings. The molecule has 1 unspecified atom stereocenters. The number of rotatable bonds is 5. The molecule has 0 amide bonds. The summed E-state index contributed by atoms with van der Waals surface area (Å²) >= 11 is 6.05. The molecule has 0 saturated carbocycles. The monoisotopic (exact) mass is 317 g/mol. The Morgan fingerprint density at radius 1 is 1.27 bits per heavy atom. The van der Waals surface area contributed by atoms with Crippen molar-refractivity contribution in [2.45, 2.75) is 19.1 Å². The lowest BCUT2D eigenvalue weighted by Crippen LogP contribution is -2.37. The Morgan fingerprint density at radius 3 is 2.86 bits per heavy atom. The number of benzene rings is 1. The van der Waals surface area contributed by atoms with E-state index in [1.165, 1.54) is 11.1 Å². The summed E-state index contributed by atoms with van der Waals surface area (Å²) in [5.74, 6) is 0. The van der Waals surface area contributed by atoms with Crippen LogP contribution in [-0.2, 0) is 6.54 Å². The second-order valence-electron chi connectivity index (χ2n) is 5.63. The van der Waals surface area contributed by atoms with Gasteiger partial charge in [-0.05, 0) is 35.8 Å². The Balaban J connectivity index is 1.54. The molecule has 1 aliphatic heterocycles. The molecule has 1 aromatic heterocycles. The summed E-state index contributed by atoms with van der Waals surface area (Å²) in [7, 11) is 0. The average Bonchev–Trinajstić information content (AvgIpc) is 3.01. The van der Waals surface area contributed by atoms with Crippen molar-refractivity contribution in [2.24, 2.45) is 0 Å². The minimum Gasteiger partial charge on any atom is -0.390 e. The van der Waals surface area contributed by atoms with Crippen LogP contribution < -0.4 is 0 Å². The fraction of sp³-hybridized carbons (Fsp3) is 0.353. The van der Waals surface area contributed by atoms with Crippen molar-refractivity contribution in [2.75, 3.05) is 19.6 Å². The first kappa shape index (κ1) is 15.3. The molecule has 0 radical (unpaired) electrons. The SMILES string of the molecule is OC(CN1CC=C(c2cccc(Cl)c2)CC1)Cn1cccn1. The van der Waals surface area contributed by atoms with Crippen LogP contribution >= 0.6 is 11.6 Å². The number of aliphatic hydroxyl groups excluding tert-OH is 1. The van der Waals surface area contributed by atoms with Crippen molar-refractivity contribution < 1.29 is 5.11 Å². The first-order valence-corrected chi connectivity index (χ1v) is 7.91. The van der Waals surface area contributed by atoms with Gasteiger partial charge in [-0.25, -0.2) is 0 Å². The number of nitrogens with zero attached hydrogens (tertiary/aromatic N) is 3. The Kier molecular flexibility index (Phi) is 4.93. The maximum Gasteiger partial charge on any atom is 0.0862 e. The average molecular weight is 318 g/mol. The number of halogens is 1. The third-order valence-electron chi connectivity index (χ3n) is 3.91. The van der Waals surface area contributed by atoms with Crippen molar-refractivity contribution in [3.63, 3.8) is 0 Å². The third-order valence-corrected chi connectivity index (χ3v) is 4.15. The maximum atomic E-state index is 10.2. The Bertz CT molecular complexity index is 639. The Labute approximate surface area is 135 Å². The van der Waals surface area contributed by atoms with E-state index in [-0.39, 0.29) is 0 Å². The summed E-state index contributed by atoms with van der Waals surface area (Å²) in [6.07, 6.45) is 6.41. The highest BCUT2D eigenvalue weighted by molar-refractivity contribution is 6.30. The topological polar surface area (TPSA) is 41.3 Å². The first-order valence-electron chi connectivity index (χ1n) is 7.53. The fourth-order valence-electron chi connectivity index (χ4n) is 2.81. The number of hydrogen-bond acceptors (Lipinski definition) is 3. The number of hydrogen-bond donors (Lipinski definition) is 1. The van der Waals surface area contributed by atoms with Gasteiger partial charge >= 0.3 is 0 Å². The maximum absolute atomic E-state index is 10.2. The van der Waals surface area contributed by atoms with E-state index in [0.29, 0.717) is 13.1 Å². The molecule has 0 saturated heterocycles. The Morgan fingerprint density at radius 2 is 2.18 bits per heavy atom. The van der Waals surface area contributed by atoms with E-state index >= 15 is 0 Å². The fourth-order valence-corrected chi connectivity index (χ4v) is 3.00. The molecule has 22 heavy (non-hydrogen) atoms. The lowest BCUT2D eigenvalue weighted by molar-refractivity contribution is 0.0997. The summed E-state index contributed by atoms with van der Waals surface area (Å²) < 4.78 is 1.77. The van der Waals surface area contributed by atoms with E-state index in [9.17, 15) is 5.11 Å². The van der Waals surface area contributed by atoms with Crippen molar-refractivity contribution in [3.8, 4) is 0 Å². The van der Waals surface area contributed by atoms with E-state index in [1.54, 1.807) is 10.9 Å². The zero-order valence-corrected chi connectivity index (χ0v) is 13.2. The highest BCUT2D eigenvalue weighted by atomic mass is 35.5.